The lowest BCUT2D eigenvalue weighted by Gasteiger charge is -2.23. The summed E-state index contributed by atoms with van der Waals surface area (Å²) in [4.78, 5) is 0. The Labute approximate surface area is 65.3 Å². The van der Waals surface area contributed by atoms with E-state index in [-0.39, 0.29) is 6.42 Å². The summed E-state index contributed by atoms with van der Waals surface area (Å²) >= 11 is 0. The van der Waals surface area contributed by atoms with E-state index in [2.05, 4.69) is 0 Å². The van der Waals surface area contributed by atoms with Crippen LogP contribution in [0.4, 0.5) is 0 Å². The molecule has 1 rings (SSSR count). The Kier molecular flexibility index (Phi) is 2.13. The first-order valence-corrected chi connectivity index (χ1v) is 3.52. The van der Waals surface area contributed by atoms with Gasteiger partial charge in [0.05, 0.1) is 6.10 Å². The molecule has 0 aliphatic heterocycles. The van der Waals surface area contributed by atoms with Crippen LogP contribution in [0.2, 0.25) is 0 Å². The van der Waals surface area contributed by atoms with E-state index in [0.29, 0.717) is 5.57 Å². The van der Waals surface area contributed by atoms with Crippen LogP contribution in [-0.4, -0.2) is 27.2 Å². The molecule has 0 amide bonds. The summed E-state index contributed by atoms with van der Waals surface area (Å²) < 4.78 is 0. The number of aliphatic hydroxyl groups excluding tert-OH is 1. The SMILES string of the molecule is CC(O)C1=CC=CC(O)(O)C1. The highest BCUT2D eigenvalue weighted by atomic mass is 16.5. The Morgan fingerprint density at radius 2 is 2.18 bits per heavy atom. The smallest absolute Gasteiger partial charge is 0.186 e. The molecule has 0 saturated heterocycles. The van der Waals surface area contributed by atoms with Crippen molar-refractivity contribution in [3.63, 3.8) is 0 Å². The van der Waals surface area contributed by atoms with Gasteiger partial charge in [-0.25, -0.2) is 0 Å². The zero-order chi connectivity index (χ0) is 8.48. The van der Waals surface area contributed by atoms with Gasteiger partial charge >= 0.3 is 0 Å². The van der Waals surface area contributed by atoms with E-state index in [1.54, 1.807) is 13.0 Å². The summed E-state index contributed by atoms with van der Waals surface area (Å²) in [7, 11) is 0. The fourth-order valence-electron chi connectivity index (χ4n) is 1.03. The number of hydrogen-bond donors (Lipinski definition) is 3. The highest BCUT2D eigenvalue weighted by molar-refractivity contribution is 5.24. The minimum atomic E-state index is -1.78. The molecule has 3 nitrogen and oxygen atoms in total. The lowest BCUT2D eigenvalue weighted by Crippen LogP contribution is -2.29. The maximum Gasteiger partial charge on any atom is 0.186 e. The number of allylic oxidation sites excluding steroid dienone is 2. The predicted molar refractivity (Wildman–Crippen MR) is 40.7 cm³/mol. The van der Waals surface area contributed by atoms with Gasteiger partial charge in [0, 0.05) is 6.42 Å². The molecule has 0 saturated carbocycles. The maximum absolute atomic E-state index is 9.11. The van der Waals surface area contributed by atoms with E-state index >= 15 is 0 Å². The van der Waals surface area contributed by atoms with Gasteiger partial charge in [-0.1, -0.05) is 12.2 Å². The summed E-state index contributed by atoms with van der Waals surface area (Å²) in [5, 5.41) is 27.3. The van der Waals surface area contributed by atoms with Gasteiger partial charge in [0.1, 0.15) is 0 Å². The summed E-state index contributed by atoms with van der Waals surface area (Å²) in [6.07, 6.45) is 3.99. The maximum atomic E-state index is 9.11. The van der Waals surface area contributed by atoms with Crippen molar-refractivity contribution in [2.75, 3.05) is 0 Å². The lowest BCUT2D eigenvalue weighted by atomic mass is 9.96. The minimum absolute atomic E-state index is 0.0845. The van der Waals surface area contributed by atoms with Gasteiger partial charge < -0.3 is 15.3 Å². The van der Waals surface area contributed by atoms with Gasteiger partial charge in [-0.15, -0.1) is 0 Å². The van der Waals surface area contributed by atoms with Crippen LogP contribution < -0.4 is 0 Å². The molecule has 1 aliphatic carbocycles. The Bertz CT molecular complexity index is 201. The molecule has 0 aromatic rings. The highest BCUT2D eigenvalue weighted by Crippen LogP contribution is 2.22. The largest absolute Gasteiger partial charge is 0.389 e. The fraction of sp³-hybridized carbons (Fsp3) is 0.500. The second-order valence-corrected chi connectivity index (χ2v) is 2.83. The molecule has 0 spiro atoms. The second kappa shape index (κ2) is 2.77. The van der Waals surface area contributed by atoms with Crippen molar-refractivity contribution in [2.24, 2.45) is 0 Å². The van der Waals surface area contributed by atoms with Crippen molar-refractivity contribution < 1.29 is 15.3 Å². The molecule has 0 bridgehead atoms. The van der Waals surface area contributed by atoms with E-state index < -0.39 is 11.9 Å². The Hall–Kier alpha value is -0.640. The highest BCUT2D eigenvalue weighted by Gasteiger charge is 2.24. The van der Waals surface area contributed by atoms with E-state index in [1.165, 1.54) is 12.2 Å². The lowest BCUT2D eigenvalue weighted by molar-refractivity contribution is -0.119. The Balaban J connectivity index is 2.73. The molecule has 1 aliphatic rings. The van der Waals surface area contributed by atoms with Crippen LogP contribution in [-0.2, 0) is 0 Å². The third kappa shape index (κ3) is 2.15. The summed E-state index contributed by atoms with van der Waals surface area (Å²) in [5.74, 6) is -1.78. The number of rotatable bonds is 1. The Morgan fingerprint density at radius 1 is 1.55 bits per heavy atom. The van der Waals surface area contributed by atoms with Gasteiger partial charge in [0.15, 0.2) is 5.79 Å². The zero-order valence-corrected chi connectivity index (χ0v) is 6.36. The first-order valence-electron chi connectivity index (χ1n) is 3.52. The first kappa shape index (κ1) is 8.46. The summed E-state index contributed by atoms with van der Waals surface area (Å²) in [6, 6.07) is 0. The Morgan fingerprint density at radius 3 is 2.55 bits per heavy atom. The van der Waals surface area contributed by atoms with Gasteiger partial charge in [-0.05, 0) is 18.6 Å². The minimum Gasteiger partial charge on any atom is -0.389 e. The van der Waals surface area contributed by atoms with E-state index in [1.807, 2.05) is 0 Å². The van der Waals surface area contributed by atoms with Crippen LogP contribution in [0.25, 0.3) is 0 Å². The molecule has 0 heterocycles. The van der Waals surface area contributed by atoms with Crippen LogP contribution in [0, 0.1) is 0 Å². The molecule has 0 aromatic carbocycles. The van der Waals surface area contributed by atoms with Crippen LogP contribution in [0.5, 0.6) is 0 Å². The average Bonchev–Trinajstić information content (AvgIpc) is 1.85. The number of aliphatic hydroxyl groups is 3. The van der Waals surface area contributed by atoms with Gasteiger partial charge in [0.2, 0.25) is 0 Å². The van der Waals surface area contributed by atoms with E-state index in [0.717, 1.165) is 0 Å². The predicted octanol–water partition coefficient (Wildman–Crippen LogP) is -0.0656. The molecular formula is C8H12O3. The quantitative estimate of drug-likeness (QED) is 0.466. The molecule has 0 aromatic heterocycles. The van der Waals surface area contributed by atoms with Crippen LogP contribution in [0.3, 0.4) is 0 Å². The van der Waals surface area contributed by atoms with E-state index in [9.17, 15) is 0 Å². The van der Waals surface area contributed by atoms with Gasteiger partial charge in [0.25, 0.3) is 0 Å². The summed E-state index contributed by atoms with van der Waals surface area (Å²) in [6.45, 7) is 1.60. The van der Waals surface area contributed by atoms with Gasteiger partial charge in [-0.3, -0.25) is 0 Å². The average molecular weight is 156 g/mol. The molecule has 0 radical (unpaired) electrons. The first-order chi connectivity index (χ1) is 5.01. The molecule has 11 heavy (non-hydrogen) atoms. The molecule has 62 valence electrons. The van der Waals surface area contributed by atoms with Crippen LogP contribution in [0.15, 0.2) is 23.8 Å². The van der Waals surface area contributed by atoms with Crippen molar-refractivity contribution in [2.45, 2.75) is 25.2 Å². The van der Waals surface area contributed by atoms with Crippen LogP contribution >= 0.6 is 0 Å². The third-order valence-corrected chi connectivity index (χ3v) is 1.67. The van der Waals surface area contributed by atoms with Crippen molar-refractivity contribution in [1.29, 1.82) is 0 Å². The van der Waals surface area contributed by atoms with Crippen LogP contribution in [0.1, 0.15) is 13.3 Å². The normalized spacial score (nSPS) is 24.5. The molecule has 1 unspecified atom stereocenters. The van der Waals surface area contributed by atoms with Crippen molar-refractivity contribution in [3.05, 3.63) is 23.8 Å². The zero-order valence-electron chi connectivity index (χ0n) is 6.36. The molecule has 3 N–H and O–H groups in total. The molecule has 1 atom stereocenters. The van der Waals surface area contributed by atoms with Crippen molar-refractivity contribution >= 4 is 0 Å². The fourth-order valence-corrected chi connectivity index (χ4v) is 1.03. The van der Waals surface area contributed by atoms with E-state index in [4.69, 9.17) is 15.3 Å². The van der Waals surface area contributed by atoms with Crippen molar-refractivity contribution in [1.82, 2.24) is 0 Å². The molecule has 0 fully saturated rings. The molecule has 3 heteroatoms. The second-order valence-electron chi connectivity index (χ2n) is 2.83. The topological polar surface area (TPSA) is 60.7 Å². The number of hydrogen-bond acceptors (Lipinski definition) is 3. The standard InChI is InChI=1S/C8H12O3/c1-6(9)7-3-2-4-8(10,11)5-7/h2-4,6,9-11H,5H2,1H3. The summed E-state index contributed by atoms with van der Waals surface area (Å²) in [5.41, 5.74) is 0.637. The monoisotopic (exact) mass is 156 g/mol. The van der Waals surface area contributed by atoms with Gasteiger partial charge in [-0.2, -0.15) is 0 Å². The third-order valence-electron chi connectivity index (χ3n) is 1.67. The van der Waals surface area contributed by atoms with Crippen molar-refractivity contribution in [3.8, 4) is 0 Å². The molecular weight excluding hydrogens is 144 g/mol.